The van der Waals surface area contributed by atoms with E-state index in [-0.39, 0.29) is 11.9 Å². The standard InChI is InChI=1S/C25H24ClN3OS/c1-31-16-15-22(28-25(30)19-11-5-6-12-20(19)26)24-27-21-13-7-8-14-23(21)29(24)17-18-9-3-2-4-10-18/h2-14,22H,15-17H2,1H3,(H,28,30)/t22-/m1/s1. The first-order valence-corrected chi connectivity index (χ1v) is 12.0. The summed E-state index contributed by atoms with van der Waals surface area (Å²) < 4.78 is 2.21. The number of fused-ring (bicyclic) bond motifs is 1. The van der Waals surface area contributed by atoms with Crippen LogP contribution in [-0.4, -0.2) is 27.5 Å². The smallest absolute Gasteiger partial charge is 0.253 e. The number of amides is 1. The second-order valence-corrected chi connectivity index (χ2v) is 8.71. The molecule has 0 aliphatic rings. The predicted octanol–water partition coefficient (Wildman–Crippen LogP) is 5.96. The van der Waals surface area contributed by atoms with Crippen molar-refractivity contribution in [2.45, 2.75) is 19.0 Å². The third-order valence-electron chi connectivity index (χ3n) is 5.21. The van der Waals surface area contributed by atoms with Crippen LogP contribution in [0.15, 0.2) is 78.9 Å². The van der Waals surface area contributed by atoms with Crippen LogP contribution in [0.5, 0.6) is 0 Å². The first-order valence-electron chi connectivity index (χ1n) is 10.2. The Labute approximate surface area is 191 Å². The average molecular weight is 450 g/mol. The molecule has 0 fully saturated rings. The van der Waals surface area contributed by atoms with Gasteiger partial charge in [-0.25, -0.2) is 4.98 Å². The van der Waals surface area contributed by atoms with Crippen molar-refractivity contribution in [3.8, 4) is 0 Å². The SMILES string of the molecule is CSCC[C@@H](NC(=O)c1ccccc1Cl)c1nc2ccccc2n1Cc1ccccc1. The van der Waals surface area contributed by atoms with Crippen molar-refractivity contribution in [3.63, 3.8) is 0 Å². The molecular weight excluding hydrogens is 426 g/mol. The summed E-state index contributed by atoms with van der Waals surface area (Å²) in [6.45, 7) is 0.689. The molecule has 1 amide bonds. The third-order valence-corrected chi connectivity index (χ3v) is 6.19. The van der Waals surface area contributed by atoms with Gasteiger partial charge in [-0.2, -0.15) is 11.8 Å². The van der Waals surface area contributed by atoms with Gasteiger partial charge in [-0.05, 0) is 48.3 Å². The topological polar surface area (TPSA) is 46.9 Å². The Balaban J connectivity index is 1.74. The number of rotatable bonds is 8. The van der Waals surface area contributed by atoms with Crippen LogP contribution < -0.4 is 5.32 Å². The van der Waals surface area contributed by atoms with Crippen LogP contribution in [-0.2, 0) is 6.54 Å². The molecule has 4 aromatic rings. The van der Waals surface area contributed by atoms with E-state index in [2.05, 4.69) is 34.3 Å². The zero-order valence-corrected chi connectivity index (χ0v) is 18.9. The maximum atomic E-state index is 13.1. The summed E-state index contributed by atoms with van der Waals surface area (Å²) in [5.41, 5.74) is 3.65. The molecule has 158 valence electrons. The number of para-hydroxylation sites is 2. The maximum absolute atomic E-state index is 13.1. The first kappa shape index (κ1) is 21.5. The largest absolute Gasteiger partial charge is 0.342 e. The maximum Gasteiger partial charge on any atom is 0.253 e. The van der Waals surface area contributed by atoms with Crippen molar-refractivity contribution < 1.29 is 4.79 Å². The molecule has 1 heterocycles. The van der Waals surface area contributed by atoms with E-state index < -0.39 is 0 Å². The van der Waals surface area contributed by atoms with E-state index in [1.54, 1.807) is 23.9 Å². The van der Waals surface area contributed by atoms with Gasteiger partial charge < -0.3 is 9.88 Å². The number of nitrogens with one attached hydrogen (secondary N) is 1. The van der Waals surface area contributed by atoms with Crippen LogP contribution >= 0.6 is 23.4 Å². The summed E-state index contributed by atoms with van der Waals surface area (Å²) in [6.07, 6.45) is 2.84. The number of imidazole rings is 1. The molecule has 0 unspecified atom stereocenters. The summed E-state index contributed by atoms with van der Waals surface area (Å²) >= 11 is 8.02. The molecule has 0 saturated carbocycles. The van der Waals surface area contributed by atoms with E-state index in [1.165, 1.54) is 5.56 Å². The molecule has 0 bridgehead atoms. The molecule has 0 saturated heterocycles. The van der Waals surface area contributed by atoms with Gasteiger partial charge in [0.2, 0.25) is 0 Å². The van der Waals surface area contributed by atoms with Gasteiger partial charge in [-0.3, -0.25) is 4.79 Å². The fourth-order valence-electron chi connectivity index (χ4n) is 3.68. The van der Waals surface area contributed by atoms with E-state index in [9.17, 15) is 4.79 Å². The number of benzene rings is 3. The van der Waals surface area contributed by atoms with E-state index >= 15 is 0 Å². The number of nitrogens with zero attached hydrogens (tertiary/aromatic N) is 2. The average Bonchev–Trinajstić information content (AvgIpc) is 3.16. The summed E-state index contributed by atoms with van der Waals surface area (Å²) in [4.78, 5) is 18.0. The normalized spacial score (nSPS) is 12.1. The summed E-state index contributed by atoms with van der Waals surface area (Å²) in [7, 11) is 0. The molecule has 6 heteroatoms. The van der Waals surface area contributed by atoms with Crippen molar-refractivity contribution in [1.82, 2.24) is 14.9 Å². The molecule has 1 N–H and O–H groups in total. The second kappa shape index (κ2) is 10.0. The minimum absolute atomic E-state index is 0.185. The van der Waals surface area contributed by atoms with Crippen LogP contribution in [0.25, 0.3) is 11.0 Å². The Morgan fingerprint density at radius 2 is 1.74 bits per heavy atom. The molecule has 31 heavy (non-hydrogen) atoms. The van der Waals surface area contributed by atoms with Crippen LogP contribution in [0, 0.1) is 0 Å². The zero-order chi connectivity index (χ0) is 21.6. The molecule has 1 atom stereocenters. The van der Waals surface area contributed by atoms with E-state index in [1.807, 2.05) is 48.5 Å². The van der Waals surface area contributed by atoms with Gasteiger partial charge in [0.1, 0.15) is 5.82 Å². The van der Waals surface area contributed by atoms with Gasteiger partial charge >= 0.3 is 0 Å². The summed E-state index contributed by atoms with van der Waals surface area (Å²) in [5, 5.41) is 3.64. The van der Waals surface area contributed by atoms with Gasteiger partial charge in [0.25, 0.3) is 5.91 Å². The summed E-state index contributed by atoms with van der Waals surface area (Å²) in [5.74, 6) is 1.58. The highest BCUT2D eigenvalue weighted by atomic mass is 35.5. The predicted molar refractivity (Wildman–Crippen MR) is 130 cm³/mol. The van der Waals surface area contributed by atoms with Crippen molar-refractivity contribution in [2.75, 3.05) is 12.0 Å². The highest BCUT2D eigenvalue weighted by molar-refractivity contribution is 7.98. The fraction of sp³-hybridized carbons (Fsp3) is 0.200. The molecule has 0 spiro atoms. The van der Waals surface area contributed by atoms with Crippen molar-refractivity contribution in [2.24, 2.45) is 0 Å². The molecule has 4 nitrogen and oxygen atoms in total. The van der Waals surface area contributed by atoms with Crippen LogP contribution in [0.4, 0.5) is 0 Å². The molecule has 0 aliphatic heterocycles. The van der Waals surface area contributed by atoms with Crippen molar-refractivity contribution in [3.05, 3.63) is 101 Å². The highest BCUT2D eigenvalue weighted by Crippen LogP contribution is 2.26. The molecule has 0 radical (unpaired) electrons. The second-order valence-electron chi connectivity index (χ2n) is 7.32. The van der Waals surface area contributed by atoms with Crippen molar-refractivity contribution in [1.29, 1.82) is 0 Å². The van der Waals surface area contributed by atoms with Gasteiger partial charge in [0, 0.05) is 6.54 Å². The lowest BCUT2D eigenvalue weighted by Gasteiger charge is -2.20. The van der Waals surface area contributed by atoms with Crippen molar-refractivity contribution >= 4 is 40.3 Å². The highest BCUT2D eigenvalue weighted by Gasteiger charge is 2.23. The third kappa shape index (κ3) is 4.94. The first-order chi connectivity index (χ1) is 15.2. The van der Waals surface area contributed by atoms with Gasteiger partial charge in [0.05, 0.1) is 27.7 Å². The number of hydrogen-bond donors (Lipinski definition) is 1. The monoisotopic (exact) mass is 449 g/mol. The Hall–Kier alpha value is -2.76. The minimum atomic E-state index is -0.229. The van der Waals surface area contributed by atoms with Gasteiger partial charge in [-0.15, -0.1) is 0 Å². The van der Waals surface area contributed by atoms with Gasteiger partial charge in [-0.1, -0.05) is 66.2 Å². The molecule has 4 rings (SSSR count). The molecular formula is C25H24ClN3OS. The molecule has 0 aliphatic carbocycles. The number of aromatic nitrogens is 2. The Kier molecular flexibility index (Phi) is 6.95. The Morgan fingerprint density at radius 1 is 1.03 bits per heavy atom. The number of carbonyl (C=O) groups is 1. The van der Waals surface area contributed by atoms with Gasteiger partial charge in [0.15, 0.2) is 0 Å². The number of thioether (sulfide) groups is 1. The number of halogens is 1. The number of carbonyl (C=O) groups excluding carboxylic acids is 1. The lowest BCUT2D eigenvalue weighted by atomic mass is 10.1. The minimum Gasteiger partial charge on any atom is -0.342 e. The Morgan fingerprint density at radius 3 is 2.52 bits per heavy atom. The van der Waals surface area contributed by atoms with E-state index in [0.29, 0.717) is 17.1 Å². The lowest BCUT2D eigenvalue weighted by molar-refractivity contribution is 0.0933. The van der Waals surface area contributed by atoms with Crippen LogP contribution in [0.3, 0.4) is 0 Å². The molecule has 3 aromatic carbocycles. The Bertz CT molecular complexity index is 1180. The van der Waals surface area contributed by atoms with E-state index in [4.69, 9.17) is 16.6 Å². The van der Waals surface area contributed by atoms with Crippen LogP contribution in [0.1, 0.15) is 34.2 Å². The fourth-order valence-corrected chi connectivity index (χ4v) is 4.37. The molecule has 1 aromatic heterocycles. The summed E-state index contributed by atoms with van der Waals surface area (Å²) in [6, 6.07) is 25.3. The van der Waals surface area contributed by atoms with E-state index in [0.717, 1.165) is 29.0 Å². The lowest BCUT2D eigenvalue weighted by Crippen LogP contribution is -2.31. The van der Waals surface area contributed by atoms with Crippen LogP contribution in [0.2, 0.25) is 5.02 Å². The zero-order valence-electron chi connectivity index (χ0n) is 17.3. The quantitative estimate of drug-likeness (QED) is 0.361. The number of hydrogen-bond acceptors (Lipinski definition) is 3.